The quantitative estimate of drug-likeness (QED) is 0.170. The molecule has 2 heterocycles. The van der Waals surface area contributed by atoms with Gasteiger partial charge in [0.15, 0.2) is 0 Å². The normalized spacial score (nSPS) is 11.6. The van der Waals surface area contributed by atoms with E-state index in [0.29, 0.717) is 0 Å². The molecular weight excluding hydrogens is 687 g/mol. The molecule has 11 rings (SSSR count). The predicted molar refractivity (Wildman–Crippen MR) is 235 cm³/mol. The number of para-hydroxylation sites is 1. The van der Waals surface area contributed by atoms with Crippen molar-refractivity contribution in [2.24, 2.45) is 0 Å². The second-order valence-electron chi connectivity index (χ2n) is 14.0. The third kappa shape index (κ3) is 5.24. The molecule has 0 amide bonds. The molecule has 0 aliphatic carbocycles. The van der Waals surface area contributed by atoms with Crippen LogP contribution >= 0.6 is 11.3 Å². The zero-order chi connectivity index (χ0) is 36.3. The maximum atomic E-state index is 6.95. The zero-order valence-corrected chi connectivity index (χ0v) is 30.6. The van der Waals surface area contributed by atoms with Crippen LogP contribution in [0.4, 0.5) is 17.1 Å². The topological polar surface area (TPSA) is 16.4 Å². The summed E-state index contributed by atoms with van der Waals surface area (Å²) < 4.78 is 9.47. The molecule has 0 spiro atoms. The number of thiophene rings is 1. The zero-order valence-electron chi connectivity index (χ0n) is 29.8. The van der Waals surface area contributed by atoms with Crippen LogP contribution in [-0.4, -0.2) is 0 Å². The lowest BCUT2D eigenvalue weighted by Crippen LogP contribution is -2.10. The predicted octanol–water partition coefficient (Wildman–Crippen LogP) is 15.6. The lowest BCUT2D eigenvalue weighted by Gasteiger charge is -2.28. The molecule has 9 aromatic carbocycles. The Morgan fingerprint density at radius 3 is 1.80 bits per heavy atom. The summed E-state index contributed by atoms with van der Waals surface area (Å²) >= 11 is 1.82. The lowest BCUT2D eigenvalue weighted by atomic mass is 9.96. The highest BCUT2D eigenvalue weighted by Gasteiger charge is 2.21. The molecule has 0 atom stereocenters. The summed E-state index contributed by atoms with van der Waals surface area (Å²) in [6, 6.07) is 72.0. The Bertz CT molecular complexity index is 3190. The van der Waals surface area contributed by atoms with Gasteiger partial charge in [-0.3, -0.25) is 0 Å². The van der Waals surface area contributed by atoms with Gasteiger partial charge >= 0.3 is 0 Å². The van der Waals surface area contributed by atoms with E-state index in [9.17, 15) is 0 Å². The van der Waals surface area contributed by atoms with Crippen LogP contribution in [-0.2, 0) is 0 Å². The average molecular weight is 720 g/mol. The van der Waals surface area contributed by atoms with Crippen molar-refractivity contribution in [1.29, 1.82) is 0 Å². The smallest absolute Gasteiger partial charge is 0.144 e. The van der Waals surface area contributed by atoms with Gasteiger partial charge in [0.1, 0.15) is 11.2 Å². The number of hydrogen-bond donors (Lipinski definition) is 0. The molecule has 0 bridgehead atoms. The monoisotopic (exact) mass is 719 g/mol. The van der Waals surface area contributed by atoms with Crippen LogP contribution in [0.1, 0.15) is 0 Å². The summed E-state index contributed by atoms with van der Waals surface area (Å²) in [4.78, 5) is 2.40. The van der Waals surface area contributed by atoms with Gasteiger partial charge in [-0.1, -0.05) is 152 Å². The van der Waals surface area contributed by atoms with E-state index in [1.807, 2.05) is 11.3 Å². The molecule has 0 N–H and O–H groups in total. The number of furan rings is 1. The van der Waals surface area contributed by atoms with Crippen molar-refractivity contribution in [3.05, 3.63) is 200 Å². The summed E-state index contributed by atoms with van der Waals surface area (Å²) in [7, 11) is 0. The summed E-state index contributed by atoms with van der Waals surface area (Å²) in [5.41, 5.74) is 12.1. The molecule has 0 saturated carbocycles. The number of rotatable bonds is 6. The molecular formula is C52H33NOS. The van der Waals surface area contributed by atoms with Crippen LogP contribution in [0.15, 0.2) is 205 Å². The van der Waals surface area contributed by atoms with Gasteiger partial charge < -0.3 is 9.32 Å². The lowest BCUT2D eigenvalue weighted by molar-refractivity contribution is 0.674. The maximum absolute atomic E-state index is 6.95. The van der Waals surface area contributed by atoms with Crippen LogP contribution in [0.3, 0.4) is 0 Å². The summed E-state index contributed by atoms with van der Waals surface area (Å²) in [6.45, 7) is 0. The van der Waals surface area contributed by atoms with Crippen LogP contribution in [0, 0.1) is 0 Å². The fourth-order valence-electron chi connectivity index (χ4n) is 8.31. The molecule has 0 unspecified atom stereocenters. The third-order valence-corrected chi connectivity index (χ3v) is 12.0. The van der Waals surface area contributed by atoms with E-state index >= 15 is 0 Å². The fraction of sp³-hybridized carbons (Fsp3) is 0. The summed E-state index contributed by atoms with van der Waals surface area (Å²) in [5, 5.41) is 7.13. The van der Waals surface area contributed by atoms with Gasteiger partial charge in [0.05, 0.1) is 5.69 Å². The molecule has 258 valence electrons. The van der Waals surface area contributed by atoms with Gasteiger partial charge in [-0.15, -0.1) is 11.3 Å². The van der Waals surface area contributed by atoms with Gasteiger partial charge in [-0.05, 0) is 81.7 Å². The number of fused-ring (bicyclic) bond motifs is 8. The molecule has 3 heteroatoms. The SMILES string of the molecule is c1ccc(-c2ccc(N(c3cccc(-c4cccc5c4oc4c5ccc5sc6ccccc6c54)c3)c3ccc(-c4ccccc4)c4ccccc34)cc2)cc1. The Morgan fingerprint density at radius 1 is 0.345 bits per heavy atom. The van der Waals surface area contributed by atoms with Gasteiger partial charge in [-0.2, -0.15) is 0 Å². The highest BCUT2D eigenvalue weighted by atomic mass is 32.1. The van der Waals surface area contributed by atoms with Crippen molar-refractivity contribution in [3.63, 3.8) is 0 Å². The molecule has 0 aliphatic rings. The third-order valence-electron chi connectivity index (χ3n) is 10.9. The van der Waals surface area contributed by atoms with Crippen molar-refractivity contribution in [2.75, 3.05) is 4.90 Å². The second kappa shape index (κ2) is 12.9. The Kier molecular flexibility index (Phi) is 7.39. The minimum absolute atomic E-state index is 0.911. The summed E-state index contributed by atoms with van der Waals surface area (Å²) in [5.74, 6) is 0. The van der Waals surface area contributed by atoms with Gasteiger partial charge in [0.2, 0.25) is 0 Å². The first-order valence-corrected chi connectivity index (χ1v) is 19.5. The van der Waals surface area contributed by atoms with E-state index < -0.39 is 0 Å². The fourth-order valence-corrected chi connectivity index (χ4v) is 9.42. The first-order chi connectivity index (χ1) is 27.3. The highest BCUT2D eigenvalue weighted by Crippen LogP contribution is 2.46. The largest absolute Gasteiger partial charge is 0.455 e. The molecule has 55 heavy (non-hydrogen) atoms. The minimum Gasteiger partial charge on any atom is -0.455 e. The second-order valence-corrected chi connectivity index (χ2v) is 15.1. The van der Waals surface area contributed by atoms with E-state index in [2.05, 4.69) is 205 Å². The Balaban J connectivity index is 1.10. The van der Waals surface area contributed by atoms with Gasteiger partial charge in [0, 0.05) is 53.3 Å². The number of nitrogens with zero attached hydrogens (tertiary/aromatic N) is 1. The molecule has 0 aliphatic heterocycles. The molecule has 0 radical (unpaired) electrons. The van der Waals surface area contributed by atoms with Crippen LogP contribution in [0.5, 0.6) is 0 Å². The van der Waals surface area contributed by atoms with Crippen LogP contribution in [0.25, 0.3) is 86.3 Å². The van der Waals surface area contributed by atoms with Gasteiger partial charge in [-0.25, -0.2) is 0 Å². The van der Waals surface area contributed by atoms with Crippen molar-refractivity contribution in [2.45, 2.75) is 0 Å². The first-order valence-electron chi connectivity index (χ1n) is 18.7. The Hall–Kier alpha value is -6.94. The van der Waals surface area contributed by atoms with Crippen LogP contribution < -0.4 is 4.90 Å². The van der Waals surface area contributed by atoms with Crippen molar-refractivity contribution < 1.29 is 4.42 Å². The molecule has 2 nitrogen and oxygen atoms in total. The Labute approximate surface area is 322 Å². The maximum Gasteiger partial charge on any atom is 0.144 e. The molecule has 0 fully saturated rings. The number of hydrogen-bond acceptors (Lipinski definition) is 3. The number of anilines is 3. The highest BCUT2D eigenvalue weighted by molar-refractivity contribution is 7.26. The average Bonchev–Trinajstić information content (AvgIpc) is 3.83. The van der Waals surface area contributed by atoms with E-state index in [1.165, 1.54) is 53.2 Å². The van der Waals surface area contributed by atoms with E-state index in [4.69, 9.17) is 4.42 Å². The standard InChI is InChI=1S/C52H33NOS/c1-3-13-34(14-4-1)35-25-27-38(28-26-35)53(47-31-29-40(36-15-5-2-6-16-36)42-19-7-8-20-43(42)47)39-18-11-17-37(33-39)41-22-12-23-44-45-30-32-49-50(52(45)54-51(41)44)46-21-9-10-24-48(46)55-49/h1-33H. The van der Waals surface area contributed by atoms with E-state index in [1.54, 1.807) is 0 Å². The van der Waals surface area contributed by atoms with E-state index in [-0.39, 0.29) is 0 Å². The molecule has 2 aromatic heterocycles. The van der Waals surface area contributed by atoms with Crippen LogP contribution in [0.2, 0.25) is 0 Å². The minimum atomic E-state index is 0.911. The van der Waals surface area contributed by atoms with Crippen molar-refractivity contribution in [3.8, 4) is 33.4 Å². The number of benzene rings is 9. The van der Waals surface area contributed by atoms with Crippen molar-refractivity contribution >= 4 is 81.3 Å². The summed E-state index contributed by atoms with van der Waals surface area (Å²) in [6.07, 6.45) is 0. The Morgan fingerprint density at radius 2 is 0.982 bits per heavy atom. The van der Waals surface area contributed by atoms with Gasteiger partial charge in [0.25, 0.3) is 0 Å². The van der Waals surface area contributed by atoms with E-state index in [0.717, 1.165) is 50.1 Å². The molecule has 11 aromatic rings. The first kappa shape index (κ1) is 31.6. The van der Waals surface area contributed by atoms with Crippen molar-refractivity contribution in [1.82, 2.24) is 0 Å². The molecule has 0 saturated heterocycles.